The standard InChI is InChI=1S/C31H28IN3O/c32-24-6-3-5-23(13-24)27-28(29(36)30-14-19-10-20(15-30)12-21(11-19)16-30)35-25-7-2-1-4-22(25)8-9-26(35)31(27,17-33)18-34/h1-9,13,19-21,26-28H,10-12,14-16H2. The van der Waals surface area contributed by atoms with Gasteiger partial charge in [-0.15, -0.1) is 0 Å². The summed E-state index contributed by atoms with van der Waals surface area (Å²) in [6.45, 7) is 0. The molecule has 4 aliphatic carbocycles. The molecule has 4 nitrogen and oxygen atoms in total. The second-order valence-electron chi connectivity index (χ2n) is 11.9. The maximum absolute atomic E-state index is 15.1. The largest absolute Gasteiger partial charge is 0.351 e. The highest BCUT2D eigenvalue weighted by Crippen LogP contribution is 2.63. The summed E-state index contributed by atoms with van der Waals surface area (Å²) < 4.78 is 1.05. The first-order valence-electron chi connectivity index (χ1n) is 13.2. The lowest BCUT2D eigenvalue weighted by Crippen LogP contribution is -2.56. The number of Topliss-reactive ketones (excluding diaryl/α,β-unsaturated/α-hetero) is 1. The highest BCUT2D eigenvalue weighted by Gasteiger charge is 2.66. The van der Waals surface area contributed by atoms with Crippen LogP contribution in [0.15, 0.2) is 54.6 Å². The van der Waals surface area contributed by atoms with Crippen molar-refractivity contribution >= 4 is 40.1 Å². The molecule has 2 aliphatic heterocycles. The second kappa shape index (κ2) is 7.93. The molecular formula is C31H28IN3O. The Morgan fingerprint density at radius 2 is 1.61 bits per heavy atom. The van der Waals surface area contributed by atoms with Gasteiger partial charge >= 0.3 is 0 Å². The quantitative estimate of drug-likeness (QED) is 0.387. The van der Waals surface area contributed by atoms with Gasteiger partial charge in [-0.05, 0) is 108 Å². The second-order valence-corrected chi connectivity index (χ2v) is 13.1. The van der Waals surface area contributed by atoms with Crippen molar-refractivity contribution in [1.82, 2.24) is 0 Å². The number of hydrogen-bond acceptors (Lipinski definition) is 4. The molecule has 180 valence electrons. The topological polar surface area (TPSA) is 67.9 Å². The summed E-state index contributed by atoms with van der Waals surface area (Å²) in [5, 5.41) is 21.4. The summed E-state index contributed by atoms with van der Waals surface area (Å²) in [7, 11) is 0. The highest BCUT2D eigenvalue weighted by molar-refractivity contribution is 14.1. The van der Waals surface area contributed by atoms with Crippen molar-refractivity contribution in [3.63, 3.8) is 0 Å². The lowest BCUT2D eigenvalue weighted by Gasteiger charge is -2.57. The van der Waals surface area contributed by atoms with Gasteiger partial charge in [0.15, 0.2) is 11.2 Å². The Hall–Kier alpha value is -2.64. The third kappa shape index (κ3) is 2.99. The van der Waals surface area contributed by atoms with E-state index in [9.17, 15) is 10.5 Å². The van der Waals surface area contributed by atoms with Crippen LogP contribution in [0.4, 0.5) is 5.69 Å². The fourth-order valence-electron chi connectivity index (χ4n) is 9.03. The Morgan fingerprint density at radius 3 is 2.25 bits per heavy atom. The number of anilines is 1. The van der Waals surface area contributed by atoms with Crippen LogP contribution in [0.5, 0.6) is 0 Å². The summed E-state index contributed by atoms with van der Waals surface area (Å²) in [5.41, 5.74) is 1.27. The first-order chi connectivity index (χ1) is 17.5. The molecule has 0 amide bonds. The van der Waals surface area contributed by atoms with Gasteiger partial charge in [0.2, 0.25) is 0 Å². The number of rotatable bonds is 3. The van der Waals surface area contributed by atoms with Crippen LogP contribution in [0.1, 0.15) is 55.6 Å². The number of nitrogens with zero attached hydrogens (tertiary/aromatic N) is 3. The Labute approximate surface area is 226 Å². The third-order valence-corrected chi connectivity index (χ3v) is 10.6. The van der Waals surface area contributed by atoms with Crippen molar-refractivity contribution in [2.75, 3.05) is 4.90 Å². The van der Waals surface area contributed by atoms with Crippen LogP contribution >= 0.6 is 22.6 Å². The number of ketones is 1. The molecule has 8 rings (SSSR count). The third-order valence-electron chi connectivity index (χ3n) is 9.95. The number of para-hydroxylation sites is 1. The van der Waals surface area contributed by atoms with E-state index in [4.69, 9.17) is 0 Å². The lowest BCUT2D eigenvalue weighted by molar-refractivity contribution is -0.145. The van der Waals surface area contributed by atoms with Crippen molar-refractivity contribution in [3.05, 3.63) is 69.3 Å². The van der Waals surface area contributed by atoms with E-state index in [1.165, 1.54) is 19.3 Å². The highest BCUT2D eigenvalue weighted by atomic mass is 127. The molecule has 0 aromatic heterocycles. The van der Waals surface area contributed by atoms with E-state index in [1.54, 1.807) is 0 Å². The maximum Gasteiger partial charge on any atom is 0.176 e. The zero-order valence-electron chi connectivity index (χ0n) is 20.1. The van der Waals surface area contributed by atoms with Crippen LogP contribution < -0.4 is 4.90 Å². The van der Waals surface area contributed by atoms with E-state index in [1.807, 2.05) is 42.5 Å². The Morgan fingerprint density at radius 1 is 0.944 bits per heavy atom. The number of carbonyl (C=O) groups is 1. The van der Waals surface area contributed by atoms with Crippen molar-refractivity contribution in [1.29, 1.82) is 10.5 Å². The number of nitriles is 2. The van der Waals surface area contributed by atoms with Crippen LogP contribution in [0.3, 0.4) is 0 Å². The molecule has 0 radical (unpaired) electrons. The maximum atomic E-state index is 15.1. The first kappa shape index (κ1) is 22.5. The molecule has 2 aromatic rings. The van der Waals surface area contributed by atoms with E-state index in [0.717, 1.165) is 39.6 Å². The molecule has 0 N–H and O–H groups in total. The smallest absolute Gasteiger partial charge is 0.176 e. The Bertz CT molecular complexity index is 1330. The monoisotopic (exact) mass is 585 g/mol. The van der Waals surface area contributed by atoms with E-state index < -0.39 is 23.4 Å². The fourth-order valence-corrected chi connectivity index (χ4v) is 9.60. The molecule has 5 fully saturated rings. The first-order valence-corrected chi connectivity index (χ1v) is 14.2. The van der Waals surface area contributed by atoms with Crippen LogP contribution in [-0.2, 0) is 4.79 Å². The summed E-state index contributed by atoms with van der Waals surface area (Å²) in [6.07, 6.45) is 10.8. The Kier molecular flexibility index (Phi) is 4.97. The van der Waals surface area contributed by atoms with Gasteiger partial charge in [0.05, 0.1) is 24.2 Å². The van der Waals surface area contributed by atoms with Crippen molar-refractivity contribution in [2.45, 2.75) is 56.5 Å². The van der Waals surface area contributed by atoms with Crippen molar-refractivity contribution in [2.24, 2.45) is 28.6 Å². The molecule has 0 spiro atoms. The SMILES string of the molecule is N#CC1(C#N)C(c2cccc(I)c2)C(C(=O)C23CC4CC(CC(C4)C2)C3)N2c3ccccc3C=CC21. The zero-order chi connectivity index (χ0) is 24.7. The summed E-state index contributed by atoms with van der Waals surface area (Å²) in [6, 6.07) is 20.2. The molecule has 1 saturated heterocycles. The van der Waals surface area contributed by atoms with Crippen molar-refractivity contribution < 1.29 is 4.79 Å². The predicted octanol–water partition coefficient (Wildman–Crippen LogP) is 6.48. The average Bonchev–Trinajstić information content (AvgIpc) is 3.18. The Balaban J connectivity index is 1.45. The van der Waals surface area contributed by atoms with Crippen LogP contribution in [-0.4, -0.2) is 17.9 Å². The van der Waals surface area contributed by atoms with Gasteiger partial charge in [0, 0.05) is 20.6 Å². The van der Waals surface area contributed by atoms with Gasteiger partial charge in [-0.3, -0.25) is 4.79 Å². The lowest BCUT2D eigenvalue weighted by atomic mass is 9.47. The van der Waals surface area contributed by atoms with Gasteiger partial charge in [0.1, 0.15) is 0 Å². The molecule has 2 aromatic carbocycles. The number of carbonyl (C=O) groups excluding carboxylic acids is 1. The molecular weight excluding hydrogens is 557 g/mol. The number of benzene rings is 2. The average molecular weight is 585 g/mol. The van der Waals surface area contributed by atoms with E-state index >= 15 is 4.79 Å². The predicted molar refractivity (Wildman–Crippen MR) is 147 cm³/mol. The summed E-state index contributed by atoms with van der Waals surface area (Å²) in [5.74, 6) is 1.73. The number of hydrogen-bond donors (Lipinski definition) is 0. The molecule has 6 aliphatic rings. The molecule has 3 unspecified atom stereocenters. The fraction of sp³-hybridized carbons (Fsp3) is 0.452. The minimum absolute atomic E-state index is 0.285. The molecule has 2 heterocycles. The van der Waals surface area contributed by atoms with E-state index in [2.05, 4.69) is 57.8 Å². The van der Waals surface area contributed by atoms with Crippen molar-refractivity contribution in [3.8, 4) is 12.1 Å². The molecule has 5 heteroatoms. The van der Waals surface area contributed by atoms with E-state index in [0.29, 0.717) is 17.8 Å². The molecule has 3 atom stereocenters. The summed E-state index contributed by atoms with van der Waals surface area (Å²) in [4.78, 5) is 17.2. The molecule has 4 saturated carbocycles. The summed E-state index contributed by atoms with van der Waals surface area (Å²) >= 11 is 2.29. The molecule has 4 bridgehead atoms. The molecule has 36 heavy (non-hydrogen) atoms. The van der Waals surface area contributed by atoms with Gasteiger partial charge in [-0.25, -0.2) is 0 Å². The minimum atomic E-state index is -1.35. The van der Waals surface area contributed by atoms with Gasteiger partial charge in [0.25, 0.3) is 0 Å². The number of halogens is 1. The van der Waals surface area contributed by atoms with Gasteiger partial charge in [-0.1, -0.05) is 42.5 Å². The normalized spacial score (nSPS) is 36.6. The van der Waals surface area contributed by atoms with Gasteiger partial charge < -0.3 is 4.90 Å². The van der Waals surface area contributed by atoms with Crippen LogP contribution in [0.25, 0.3) is 6.08 Å². The van der Waals surface area contributed by atoms with Crippen LogP contribution in [0.2, 0.25) is 0 Å². The van der Waals surface area contributed by atoms with Crippen LogP contribution in [0, 0.1) is 54.8 Å². The van der Waals surface area contributed by atoms with Gasteiger partial charge in [-0.2, -0.15) is 10.5 Å². The zero-order valence-corrected chi connectivity index (χ0v) is 22.3. The number of fused-ring (bicyclic) bond motifs is 3. The minimum Gasteiger partial charge on any atom is -0.351 e. The van der Waals surface area contributed by atoms with E-state index in [-0.39, 0.29) is 11.2 Å².